The van der Waals surface area contributed by atoms with E-state index in [1.54, 1.807) is 49.5 Å². The van der Waals surface area contributed by atoms with E-state index in [-0.39, 0.29) is 23.4 Å². The number of carbonyl (C=O) groups is 1. The molecule has 0 bridgehead atoms. The fraction of sp³-hybridized carbons (Fsp3) is 0.350. The smallest absolute Gasteiger partial charge is 0.261 e. The van der Waals surface area contributed by atoms with E-state index in [1.165, 1.54) is 4.31 Å². The average molecular weight is 423 g/mol. The van der Waals surface area contributed by atoms with Crippen molar-refractivity contribution in [3.8, 4) is 5.75 Å². The summed E-state index contributed by atoms with van der Waals surface area (Å²) in [4.78, 5) is 12.6. The fourth-order valence-corrected chi connectivity index (χ4v) is 4.45. The van der Waals surface area contributed by atoms with Gasteiger partial charge in [-0.1, -0.05) is 23.7 Å². The summed E-state index contributed by atoms with van der Waals surface area (Å²) in [5.41, 5.74) is 1.72. The number of ether oxygens (including phenoxy) is 1. The van der Waals surface area contributed by atoms with Gasteiger partial charge in [0.05, 0.1) is 4.90 Å². The lowest BCUT2D eigenvalue weighted by Gasteiger charge is -2.21. The first-order chi connectivity index (χ1) is 13.2. The zero-order valence-electron chi connectivity index (χ0n) is 16.0. The van der Waals surface area contributed by atoms with Gasteiger partial charge < -0.3 is 10.1 Å². The molecule has 3 rings (SSSR count). The van der Waals surface area contributed by atoms with Gasteiger partial charge in [0.25, 0.3) is 5.91 Å². The zero-order valence-corrected chi connectivity index (χ0v) is 17.5. The van der Waals surface area contributed by atoms with Crippen LogP contribution in [0.1, 0.15) is 25.0 Å². The van der Waals surface area contributed by atoms with Gasteiger partial charge in [-0.15, -0.1) is 0 Å². The lowest BCUT2D eigenvalue weighted by Crippen LogP contribution is -2.37. The van der Waals surface area contributed by atoms with Crippen molar-refractivity contribution in [3.05, 3.63) is 58.6 Å². The molecule has 0 spiro atoms. The summed E-state index contributed by atoms with van der Waals surface area (Å²) in [6, 6.07) is 11.7. The third-order valence-electron chi connectivity index (χ3n) is 4.78. The molecule has 0 radical (unpaired) electrons. The number of sulfonamides is 1. The van der Waals surface area contributed by atoms with Crippen molar-refractivity contribution in [2.45, 2.75) is 43.9 Å². The lowest BCUT2D eigenvalue weighted by atomic mass is 10.1. The van der Waals surface area contributed by atoms with E-state index >= 15 is 0 Å². The van der Waals surface area contributed by atoms with Crippen LogP contribution in [0.3, 0.4) is 0 Å². The number of fused-ring (bicyclic) bond motifs is 1. The maximum Gasteiger partial charge on any atom is 0.261 e. The molecule has 8 heteroatoms. The molecule has 1 heterocycles. The average Bonchev–Trinajstić information content (AvgIpc) is 3.09. The van der Waals surface area contributed by atoms with Gasteiger partial charge in [0.15, 0.2) is 6.10 Å². The van der Waals surface area contributed by atoms with Gasteiger partial charge in [0, 0.05) is 31.1 Å². The van der Waals surface area contributed by atoms with Crippen molar-refractivity contribution in [2.75, 3.05) is 7.05 Å². The van der Waals surface area contributed by atoms with Crippen molar-refractivity contribution in [1.82, 2.24) is 9.62 Å². The Labute approximate surface area is 170 Å². The van der Waals surface area contributed by atoms with Gasteiger partial charge in [0.1, 0.15) is 5.75 Å². The predicted octanol–water partition coefficient (Wildman–Crippen LogP) is 2.99. The largest absolute Gasteiger partial charge is 0.480 e. The third kappa shape index (κ3) is 4.32. The van der Waals surface area contributed by atoms with E-state index in [9.17, 15) is 13.2 Å². The minimum absolute atomic E-state index is 0.130. The predicted molar refractivity (Wildman–Crippen MR) is 108 cm³/mol. The SMILES string of the molecule is CC(C)N(C)S(=O)(=O)c1ccc(CNC(=O)C2Cc3cc(Cl)ccc3O2)cc1. The second-order valence-electron chi connectivity index (χ2n) is 7.04. The molecule has 1 amide bonds. The van der Waals surface area contributed by atoms with E-state index in [0.29, 0.717) is 17.2 Å². The number of carbonyl (C=O) groups excluding carboxylic acids is 1. The molecule has 2 aromatic rings. The van der Waals surface area contributed by atoms with Crippen molar-refractivity contribution in [1.29, 1.82) is 0 Å². The molecule has 0 aromatic heterocycles. The van der Waals surface area contributed by atoms with Crippen molar-refractivity contribution >= 4 is 27.5 Å². The van der Waals surface area contributed by atoms with E-state index in [0.717, 1.165) is 11.1 Å². The van der Waals surface area contributed by atoms with E-state index in [2.05, 4.69) is 5.32 Å². The number of nitrogens with zero attached hydrogens (tertiary/aromatic N) is 1. The summed E-state index contributed by atoms with van der Waals surface area (Å²) in [6.45, 7) is 3.92. The van der Waals surface area contributed by atoms with Crippen molar-refractivity contribution < 1.29 is 17.9 Å². The first-order valence-corrected chi connectivity index (χ1v) is 10.8. The molecule has 1 unspecified atom stereocenters. The number of hydrogen-bond donors (Lipinski definition) is 1. The first-order valence-electron chi connectivity index (χ1n) is 8.98. The molecule has 2 aromatic carbocycles. The molecule has 150 valence electrons. The van der Waals surface area contributed by atoms with E-state index in [1.807, 2.05) is 13.8 Å². The van der Waals surface area contributed by atoms with Crippen LogP contribution in [0.15, 0.2) is 47.4 Å². The van der Waals surface area contributed by atoms with Crippen LogP contribution in [0.5, 0.6) is 5.75 Å². The normalized spacial score (nSPS) is 16.1. The standard InChI is InChI=1S/C20H23ClN2O4S/c1-13(2)23(3)28(25,26)17-7-4-14(5-8-17)12-22-20(24)19-11-15-10-16(21)6-9-18(15)27-19/h4-10,13,19H,11-12H2,1-3H3,(H,22,24). The molecular formula is C20H23ClN2O4S. The molecule has 1 N–H and O–H groups in total. The number of benzene rings is 2. The van der Waals surface area contributed by atoms with Crippen LogP contribution in [0, 0.1) is 0 Å². The van der Waals surface area contributed by atoms with Crippen LogP contribution in [-0.4, -0.2) is 37.8 Å². The van der Waals surface area contributed by atoms with Crippen LogP contribution in [0.4, 0.5) is 0 Å². The van der Waals surface area contributed by atoms with Crippen LogP contribution < -0.4 is 10.1 Å². The summed E-state index contributed by atoms with van der Waals surface area (Å²) in [5.74, 6) is 0.456. The Morgan fingerprint density at radius 3 is 2.57 bits per heavy atom. The maximum atomic E-state index is 12.5. The van der Waals surface area contributed by atoms with Gasteiger partial charge in [-0.2, -0.15) is 4.31 Å². The fourth-order valence-electron chi connectivity index (χ4n) is 2.89. The summed E-state index contributed by atoms with van der Waals surface area (Å²) in [6.07, 6.45) is -0.117. The number of halogens is 1. The monoisotopic (exact) mass is 422 g/mol. The second-order valence-corrected chi connectivity index (χ2v) is 9.47. The Morgan fingerprint density at radius 2 is 1.93 bits per heavy atom. The van der Waals surface area contributed by atoms with Gasteiger partial charge >= 0.3 is 0 Å². The van der Waals surface area contributed by atoms with Gasteiger partial charge in [-0.05, 0) is 55.3 Å². The maximum absolute atomic E-state index is 12.5. The molecule has 6 nitrogen and oxygen atoms in total. The molecule has 28 heavy (non-hydrogen) atoms. The molecule has 0 saturated heterocycles. The van der Waals surface area contributed by atoms with Gasteiger partial charge in [-0.25, -0.2) is 8.42 Å². The summed E-state index contributed by atoms with van der Waals surface area (Å²) in [7, 11) is -1.96. The lowest BCUT2D eigenvalue weighted by molar-refractivity contribution is -0.127. The highest BCUT2D eigenvalue weighted by Crippen LogP contribution is 2.31. The summed E-state index contributed by atoms with van der Waals surface area (Å²) in [5, 5.41) is 3.45. The number of rotatable bonds is 6. The molecule has 1 aliphatic heterocycles. The Morgan fingerprint density at radius 1 is 1.25 bits per heavy atom. The van der Waals surface area contributed by atoms with Crippen LogP contribution in [-0.2, 0) is 27.8 Å². The van der Waals surface area contributed by atoms with Crippen molar-refractivity contribution in [2.24, 2.45) is 0 Å². The number of amides is 1. The quantitative estimate of drug-likeness (QED) is 0.776. The van der Waals surface area contributed by atoms with Crippen LogP contribution in [0.2, 0.25) is 5.02 Å². The van der Waals surface area contributed by atoms with Crippen LogP contribution in [0.25, 0.3) is 0 Å². The third-order valence-corrected chi connectivity index (χ3v) is 7.07. The number of nitrogens with one attached hydrogen (secondary N) is 1. The number of hydrogen-bond acceptors (Lipinski definition) is 4. The molecule has 1 aliphatic rings. The Kier molecular flexibility index (Phi) is 5.98. The molecule has 0 aliphatic carbocycles. The summed E-state index contributed by atoms with van der Waals surface area (Å²) < 4.78 is 32.0. The first kappa shape index (κ1) is 20.6. The van der Waals surface area contributed by atoms with Crippen molar-refractivity contribution in [3.63, 3.8) is 0 Å². The Hall–Kier alpha value is -2.09. The molecule has 0 saturated carbocycles. The van der Waals surface area contributed by atoms with Crippen LogP contribution >= 0.6 is 11.6 Å². The second kappa shape index (κ2) is 8.11. The van der Waals surface area contributed by atoms with Gasteiger partial charge in [-0.3, -0.25) is 4.79 Å². The highest BCUT2D eigenvalue weighted by molar-refractivity contribution is 7.89. The Balaban J connectivity index is 1.59. The topological polar surface area (TPSA) is 75.7 Å². The highest BCUT2D eigenvalue weighted by Gasteiger charge is 2.29. The Bertz CT molecular complexity index is 974. The van der Waals surface area contributed by atoms with E-state index in [4.69, 9.17) is 16.3 Å². The minimum Gasteiger partial charge on any atom is -0.480 e. The molecule has 1 atom stereocenters. The highest BCUT2D eigenvalue weighted by atomic mass is 35.5. The summed E-state index contributed by atoms with van der Waals surface area (Å²) >= 11 is 5.97. The minimum atomic E-state index is -3.52. The van der Waals surface area contributed by atoms with Gasteiger partial charge in [0.2, 0.25) is 10.0 Å². The molecular weight excluding hydrogens is 400 g/mol. The van der Waals surface area contributed by atoms with E-state index < -0.39 is 16.1 Å². The molecule has 0 fully saturated rings. The zero-order chi connectivity index (χ0) is 20.5.